The van der Waals surface area contributed by atoms with Crippen LogP contribution in [0.1, 0.15) is 0 Å². The molecule has 4 heterocycles. The van der Waals surface area contributed by atoms with Gasteiger partial charge in [-0.2, -0.15) is 0 Å². The van der Waals surface area contributed by atoms with Crippen molar-refractivity contribution in [1.82, 2.24) is 14.5 Å². The average Bonchev–Trinajstić information content (AvgIpc) is 3.98. The zero-order valence-corrected chi connectivity index (χ0v) is 31.4. The average molecular weight is 746 g/mol. The number of rotatable bonds is 5. The van der Waals surface area contributed by atoms with E-state index in [1.165, 1.54) is 25.6 Å². The van der Waals surface area contributed by atoms with Gasteiger partial charge in [-0.3, -0.25) is 4.57 Å². The van der Waals surface area contributed by atoms with Gasteiger partial charge in [0, 0.05) is 58.7 Å². The molecule has 4 aromatic heterocycles. The molecule has 12 rings (SSSR count). The Morgan fingerprint density at radius 3 is 2.02 bits per heavy atom. The number of fused-ring (bicyclic) bond motifs is 9. The maximum Gasteiger partial charge on any atom is 0.145 e. The largest absolute Gasteiger partial charge is 0.455 e. The second kappa shape index (κ2) is 12.6. The fourth-order valence-corrected chi connectivity index (χ4v) is 9.79. The fraction of sp³-hybridized carbons (Fsp3) is 0. The zero-order valence-electron chi connectivity index (χ0n) is 30.6. The van der Waals surface area contributed by atoms with Crippen LogP contribution in [0, 0.1) is 0 Å². The summed E-state index contributed by atoms with van der Waals surface area (Å²) < 4.78 is 11.4. The smallest absolute Gasteiger partial charge is 0.145 e. The lowest BCUT2D eigenvalue weighted by Gasteiger charge is -2.14. The molecule has 5 heteroatoms. The van der Waals surface area contributed by atoms with Crippen LogP contribution in [0.5, 0.6) is 0 Å². The van der Waals surface area contributed by atoms with Crippen molar-refractivity contribution >= 4 is 75.4 Å². The van der Waals surface area contributed by atoms with Crippen LogP contribution in [0.4, 0.5) is 0 Å². The van der Waals surface area contributed by atoms with Crippen molar-refractivity contribution in [1.29, 1.82) is 0 Å². The molecule has 0 bridgehead atoms. The molecule has 0 atom stereocenters. The van der Waals surface area contributed by atoms with E-state index in [1.807, 2.05) is 35.6 Å². The number of nitrogens with zero attached hydrogens (tertiary/aromatic N) is 3. The highest BCUT2D eigenvalue weighted by Gasteiger charge is 2.20. The molecule has 0 aliphatic carbocycles. The highest BCUT2D eigenvalue weighted by atomic mass is 32.1. The van der Waals surface area contributed by atoms with Crippen molar-refractivity contribution in [2.75, 3.05) is 0 Å². The number of aromatic nitrogens is 3. The Balaban J connectivity index is 1.10. The molecule has 0 amide bonds. The molecule has 0 saturated carbocycles. The van der Waals surface area contributed by atoms with E-state index in [9.17, 15) is 0 Å². The lowest BCUT2D eigenvalue weighted by molar-refractivity contribution is 0.670. The van der Waals surface area contributed by atoms with Crippen LogP contribution in [0.25, 0.3) is 115 Å². The molecule has 0 saturated heterocycles. The van der Waals surface area contributed by atoms with Gasteiger partial charge in [0.15, 0.2) is 0 Å². The van der Waals surface area contributed by atoms with Gasteiger partial charge >= 0.3 is 0 Å². The molecule has 0 aliphatic heterocycles. The van der Waals surface area contributed by atoms with E-state index in [0.29, 0.717) is 0 Å². The molecule has 0 fully saturated rings. The number of pyridine rings is 1. The lowest BCUT2D eigenvalue weighted by atomic mass is 9.92. The lowest BCUT2D eigenvalue weighted by Crippen LogP contribution is -1.97. The first-order chi connectivity index (χ1) is 28.2. The van der Waals surface area contributed by atoms with Crippen molar-refractivity contribution in [3.63, 3.8) is 0 Å². The van der Waals surface area contributed by atoms with Crippen LogP contribution in [-0.2, 0) is 0 Å². The van der Waals surface area contributed by atoms with Gasteiger partial charge in [-0.1, -0.05) is 127 Å². The van der Waals surface area contributed by atoms with Crippen LogP contribution in [0.15, 0.2) is 192 Å². The van der Waals surface area contributed by atoms with Gasteiger partial charge in [-0.05, 0) is 77.4 Å². The second-order valence-corrected chi connectivity index (χ2v) is 15.6. The highest BCUT2D eigenvalue weighted by Crippen LogP contribution is 2.45. The Hall–Kier alpha value is -7.34. The quantitative estimate of drug-likeness (QED) is 0.176. The van der Waals surface area contributed by atoms with Crippen molar-refractivity contribution in [3.05, 3.63) is 188 Å². The summed E-state index contributed by atoms with van der Waals surface area (Å²) in [7, 11) is 0. The number of para-hydroxylation sites is 5. The van der Waals surface area contributed by atoms with Crippen LogP contribution in [-0.4, -0.2) is 14.5 Å². The fourth-order valence-electron chi connectivity index (χ4n) is 8.55. The Morgan fingerprint density at radius 2 is 1.14 bits per heavy atom. The summed E-state index contributed by atoms with van der Waals surface area (Å²) in [4.78, 5) is 10.5. The number of furan rings is 1. The molecular formula is C52H31N3OS. The summed E-state index contributed by atoms with van der Waals surface area (Å²) in [5.74, 6) is 0.919. The van der Waals surface area contributed by atoms with Crippen LogP contribution in [0.3, 0.4) is 0 Å². The third-order valence-electron chi connectivity index (χ3n) is 11.2. The molecule has 8 aromatic carbocycles. The normalized spacial score (nSPS) is 11.9. The monoisotopic (exact) mass is 745 g/mol. The summed E-state index contributed by atoms with van der Waals surface area (Å²) in [6.45, 7) is 0. The van der Waals surface area contributed by atoms with E-state index in [4.69, 9.17) is 14.4 Å². The molecule has 57 heavy (non-hydrogen) atoms. The first kappa shape index (κ1) is 32.0. The van der Waals surface area contributed by atoms with Crippen molar-refractivity contribution in [2.24, 2.45) is 0 Å². The minimum atomic E-state index is 0.884. The zero-order chi connectivity index (χ0) is 37.5. The maximum atomic E-state index is 6.62. The molecule has 4 nitrogen and oxygen atoms in total. The SMILES string of the molecule is c1ccc(-c2nc3ccccc3n2-c2ccc(-c3cc(-c4cccc5c4oc4ccccc45)cc(-c4nc5ccccc5c5sc6ccccc6c45)c3)cc2)cc1. The van der Waals surface area contributed by atoms with Gasteiger partial charge in [0.1, 0.15) is 17.0 Å². The van der Waals surface area contributed by atoms with E-state index in [-0.39, 0.29) is 0 Å². The molecular weight excluding hydrogens is 715 g/mol. The second-order valence-electron chi connectivity index (χ2n) is 14.5. The number of hydrogen-bond acceptors (Lipinski definition) is 4. The number of thiophene rings is 1. The van der Waals surface area contributed by atoms with Gasteiger partial charge in [-0.25, -0.2) is 9.97 Å². The highest BCUT2D eigenvalue weighted by molar-refractivity contribution is 7.26. The minimum Gasteiger partial charge on any atom is -0.455 e. The van der Waals surface area contributed by atoms with Gasteiger partial charge < -0.3 is 4.42 Å². The van der Waals surface area contributed by atoms with E-state index in [1.54, 1.807) is 0 Å². The number of benzene rings is 8. The Bertz CT molecular complexity index is 3520. The standard InChI is InChI=1S/C52H31N3OS/c1-2-13-33(14-3-1)52-54-44-21-8-9-22-45(44)55(52)37-27-25-32(26-28-37)34-29-35(38-18-12-19-40-39-15-5-10-23-46(39)56-50(38)40)31-36(30-34)49-48-42-17-6-11-24-47(42)57-51(48)41-16-4-7-20-43(41)53-49/h1-31H. The Morgan fingerprint density at radius 1 is 0.456 bits per heavy atom. The summed E-state index contributed by atoms with van der Waals surface area (Å²) in [5.41, 5.74) is 13.3. The van der Waals surface area contributed by atoms with E-state index >= 15 is 0 Å². The first-order valence-corrected chi connectivity index (χ1v) is 20.0. The molecule has 0 N–H and O–H groups in total. The van der Waals surface area contributed by atoms with E-state index in [2.05, 4.69) is 168 Å². The summed E-state index contributed by atoms with van der Waals surface area (Å²) in [6.07, 6.45) is 0. The topological polar surface area (TPSA) is 43.9 Å². The number of imidazole rings is 1. The van der Waals surface area contributed by atoms with E-state index < -0.39 is 0 Å². The molecule has 0 unspecified atom stereocenters. The Labute approximate surface area is 331 Å². The van der Waals surface area contributed by atoms with E-state index in [0.717, 1.165) is 89.1 Å². The first-order valence-electron chi connectivity index (χ1n) is 19.1. The minimum absolute atomic E-state index is 0.884. The number of hydrogen-bond donors (Lipinski definition) is 0. The molecule has 266 valence electrons. The van der Waals surface area contributed by atoms with Crippen LogP contribution in [0.2, 0.25) is 0 Å². The van der Waals surface area contributed by atoms with Gasteiger partial charge in [0.05, 0.1) is 22.2 Å². The molecule has 0 radical (unpaired) electrons. The Kier molecular flexibility index (Phi) is 7.06. The van der Waals surface area contributed by atoms with Crippen molar-refractivity contribution < 1.29 is 4.42 Å². The summed E-state index contributed by atoms with van der Waals surface area (Å²) >= 11 is 1.84. The molecule has 0 aliphatic rings. The van der Waals surface area contributed by atoms with Gasteiger partial charge in [0.2, 0.25) is 0 Å². The van der Waals surface area contributed by atoms with Crippen LogP contribution >= 0.6 is 11.3 Å². The van der Waals surface area contributed by atoms with Gasteiger partial charge in [0.25, 0.3) is 0 Å². The summed E-state index contributed by atoms with van der Waals surface area (Å²) in [6, 6.07) is 66.5. The van der Waals surface area contributed by atoms with Crippen molar-refractivity contribution in [3.8, 4) is 50.6 Å². The predicted octanol–water partition coefficient (Wildman–Crippen LogP) is 14.5. The third-order valence-corrected chi connectivity index (χ3v) is 12.4. The maximum absolute atomic E-state index is 6.62. The molecule has 0 spiro atoms. The third kappa shape index (κ3) is 5.06. The van der Waals surface area contributed by atoms with Crippen molar-refractivity contribution in [2.45, 2.75) is 0 Å². The molecule has 12 aromatic rings. The van der Waals surface area contributed by atoms with Gasteiger partial charge in [-0.15, -0.1) is 11.3 Å². The summed E-state index contributed by atoms with van der Waals surface area (Å²) in [5, 5.41) is 5.82. The predicted molar refractivity (Wildman–Crippen MR) is 238 cm³/mol. The van der Waals surface area contributed by atoms with Crippen LogP contribution < -0.4 is 0 Å².